The molecular weight excluding hydrogens is 523 g/mol. The van der Waals surface area contributed by atoms with Crippen LogP contribution >= 0.6 is 11.6 Å². The van der Waals surface area contributed by atoms with Crippen LogP contribution in [0.4, 0.5) is 15.0 Å². The highest BCUT2D eigenvalue weighted by Crippen LogP contribution is 2.40. The van der Waals surface area contributed by atoms with Crippen LogP contribution in [0.2, 0.25) is 5.15 Å². The first-order chi connectivity index (χ1) is 18.6. The molecule has 9 nitrogen and oxygen atoms in total. The quantitative estimate of drug-likeness (QED) is 0.456. The molecule has 2 bridgehead atoms. The first-order valence-electron chi connectivity index (χ1n) is 14.3. The Kier molecular flexibility index (Phi) is 7.81. The lowest BCUT2D eigenvalue weighted by Gasteiger charge is -2.42. The lowest BCUT2D eigenvalue weighted by Crippen LogP contribution is -2.57. The van der Waals surface area contributed by atoms with Crippen LogP contribution in [0.5, 0.6) is 6.01 Å². The van der Waals surface area contributed by atoms with Gasteiger partial charge in [0, 0.05) is 19.3 Å². The van der Waals surface area contributed by atoms with E-state index in [2.05, 4.69) is 19.8 Å². The number of aromatic nitrogens is 3. The minimum atomic E-state index is -0.676. The normalized spacial score (nSPS) is 24.0. The van der Waals surface area contributed by atoms with Gasteiger partial charge >= 0.3 is 12.1 Å². The highest BCUT2D eigenvalue weighted by Gasteiger charge is 2.46. The molecule has 214 valence electrons. The van der Waals surface area contributed by atoms with Crippen LogP contribution in [0.25, 0.3) is 10.9 Å². The van der Waals surface area contributed by atoms with Gasteiger partial charge in [-0.3, -0.25) is 9.80 Å². The predicted octanol–water partition coefficient (Wildman–Crippen LogP) is 5.44. The number of carbonyl (C=O) groups excluding carboxylic acids is 1. The molecule has 2 aromatic heterocycles. The number of piperazine rings is 1. The summed E-state index contributed by atoms with van der Waals surface area (Å²) in [4.78, 5) is 32.7. The summed E-state index contributed by atoms with van der Waals surface area (Å²) < 4.78 is 27.0. The first-order valence-corrected chi connectivity index (χ1v) is 14.7. The van der Waals surface area contributed by atoms with Gasteiger partial charge in [-0.25, -0.2) is 14.2 Å². The average Bonchev–Trinajstić information content (AvgIpc) is 3.55. The Bertz CT molecular complexity index is 1200. The van der Waals surface area contributed by atoms with Crippen molar-refractivity contribution >= 4 is 34.4 Å². The molecule has 0 saturated carbocycles. The molecule has 4 aliphatic rings. The van der Waals surface area contributed by atoms with Crippen LogP contribution < -0.4 is 9.64 Å². The molecule has 2 unspecified atom stereocenters. The maximum atomic E-state index is 15.1. The summed E-state index contributed by atoms with van der Waals surface area (Å²) in [5.74, 6) is -0.111. The molecule has 4 aliphatic heterocycles. The summed E-state index contributed by atoms with van der Waals surface area (Å²) in [6, 6.07) is 0.119. The Hall–Kier alpha value is -2.46. The minimum Gasteiger partial charge on any atom is -0.461 e. The number of halogens is 2. The van der Waals surface area contributed by atoms with Crippen LogP contribution in [0.3, 0.4) is 0 Å². The summed E-state index contributed by atoms with van der Waals surface area (Å²) in [6.07, 6.45) is 7.50. The molecule has 0 aliphatic carbocycles. The molecule has 4 fully saturated rings. The van der Waals surface area contributed by atoms with E-state index in [0.29, 0.717) is 30.9 Å². The highest BCUT2D eigenvalue weighted by atomic mass is 35.5. The van der Waals surface area contributed by atoms with Crippen molar-refractivity contribution < 1.29 is 18.7 Å². The molecule has 4 saturated heterocycles. The molecule has 2 aromatic rings. The van der Waals surface area contributed by atoms with E-state index in [-0.39, 0.29) is 40.4 Å². The van der Waals surface area contributed by atoms with Gasteiger partial charge in [0.25, 0.3) is 0 Å². The van der Waals surface area contributed by atoms with E-state index in [4.69, 9.17) is 26.1 Å². The molecule has 11 heteroatoms. The van der Waals surface area contributed by atoms with E-state index < -0.39 is 11.4 Å². The second-order valence-electron chi connectivity index (χ2n) is 11.8. The molecule has 6 heterocycles. The smallest absolute Gasteiger partial charge is 0.410 e. The topological polar surface area (TPSA) is 83.9 Å². The van der Waals surface area contributed by atoms with E-state index >= 15 is 4.39 Å². The van der Waals surface area contributed by atoms with Crippen molar-refractivity contribution in [1.29, 1.82) is 0 Å². The van der Waals surface area contributed by atoms with Crippen LogP contribution in [0.1, 0.15) is 73.1 Å². The standard InChI is InChI=1S/C26H34ClFN6O3.C2H6/c1-25(2,3)37-24(35)34-16-6-7-17(34)14-32(13-16)22-18-12-29-21(27)19(28)20(18)30-23(31-22)36-15-26-8-4-10-33(26)11-5-9-26;1-2/h12,16-17H,4-11,13-15H2,1-3H3;1-2H3. The minimum absolute atomic E-state index is 0.0162. The summed E-state index contributed by atoms with van der Waals surface area (Å²) in [6.45, 7) is 13.4. The Morgan fingerprint density at radius 1 is 1.13 bits per heavy atom. The lowest BCUT2D eigenvalue weighted by molar-refractivity contribution is 0.0122. The number of anilines is 1. The number of amides is 1. The van der Waals surface area contributed by atoms with E-state index in [1.54, 1.807) is 0 Å². The van der Waals surface area contributed by atoms with Crippen molar-refractivity contribution in [3.63, 3.8) is 0 Å². The summed E-state index contributed by atoms with van der Waals surface area (Å²) in [7, 11) is 0. The maximum Gasteiger partial charge on any atom is 0.410 e. The molecule has 0 radical (unpaired) electrons. The molecule has 0 N–H and O–H groups in total. The number of fused-ring (bicyclic) bond motifs is 4. The third kappa shape index (κ3) is 5.34. The van der Waals surface area contributed by atoms with Crippen LogP contribution in [0, 0.1) is 5.82 Å². The zero-order valence-electron chi connectivity index (χ0n) is 23.7. The second-order valence-corrected chi connectivity index (χ2v) is 12.2. The third-order valence-electron chi connectivity index (χ3n) is 8.27. The van der Waals surface area contributed by atoms with Crippen molar-refractivity contribution in [1.82, 2.24) is 24.8 Å². The Labute approximate surface area is 235 Å². The maximum absolute atomic E-state index is 15.1. The zero-order chi connectivity index (χ0) is 27.9. The number of nitrogens with zero attached hydrogens (tertiary/aromatic N) is 6. The second kappa shape index (κ2) is 10.8. The predicted molar refractivity (Wildman–Crippen MR) is 149 cm³/mol. The van der Waals surface area contributed by atoms with Gasteiger partial charge in [0.15, 0.2) is 11.0 Å². The Morgan fingerprint density at radius 3 is 2.38 bits per heavy atom. The molecule has 1 amide bonds. The highest BCUT2D eigenvalue weighted by molar-refractivity contribution is 6.30. The van der Waals surface area contributed by atoms with Crippen molar-refractivity contribution in [2.24, 2.45) is 0 Å². The van der Waals surface area contributed by atoms with E-state index in [1.807, 2.05) is 39.5 Å². The lowest BCUT2D eigenvalue weighted by atomic mass is 9.95. The fraction of sp³-hybridized carbons (Fsp3) is 0.714. The van der Waals surface area contributed by atoms with Crippen molar-refractivity contribution in [2.75, 3.05) is 37.7 Å². The van der Waals surface area contributed by atoms with Crippen molar-refractivity contribution in [2.45, 2.75) is 96.4 Å². The fourth-order valence-electron chi connectivity index (χ4n) is 6.65. The summed E-state index contributed by atoms with van der Waals surface area (Å²) >= 11 is 6.03. The van der Waals surface area contributed by atoms with Gasteiger partial charge in [0.1, 0.15) is 23.5 Å². The van der Waals surface area contributed by atoms with Gasteiger partial charge in [0.05, 0.1) is 23.0 Å². The summed E-state index contributed by atoms with van der Waals surface area (Å²) in [5.41, 5.74) is -0.432. The van der Waals surface area contributed by atoms with Gasteiger partial charge in [-0.05, 0) is 72.4 Å². The van der Waals surface area contributed by atoms with Gasteiger partial charge in [0.2, 0.25) is 0 Å². The summed E-state index contributed by atoms with van der Waals surface area (Å²) in [5, 5.41) is 0.259. The van der Waals surface area contributed by atoms with Crippen LogP contribution in [-0.2, 0) is 4.74 Å². The molecule has 6 rings (SSSR count). The van der Waals surface area contributed by atoms with Gasteiger partial charge in [-0.1, -0.05) is 25.4 Å². The van der Waals surface area contributed by atoms with Crippen molar-refractivity contribution in [3.8, 4) is 6.01 Å². The third-order valence-corrected chi connectivity index (χ3v) is 8.53. The molecule has 2 atom stereocenters. The van der Waals surface area contributed by atoms with Gasteiger partial charge < -0.3 is 14.4 Å². The molecule has 39 heavy (non-hydrogen) atoms. The molecule has 0 spiro atoms. The van der Waals surface area contributed by atoms with Crippen molar-refractivity contribution in [3.05, 3.63) is 17.2 Å². The molecular formula is C28H40ClFN6O3. The monoisotopic (exact) mass is 562 g/mol. The number of hydrogen-bond acceptors (Lipinski definition) is 8. The number of rotatable bonds is 4. The average molecular weight is 563 g/mol. The Balaban J connectivity index is 0.00000151. The SMILES string of the molecule is CC.CC(C)(C)OC(=O)N1C2CCC1CN(c1nc(OCC34CCCN3CCC4)nc3c(F)c(Cl)ncc13)C2. The zero-order valence-corrected chi connectivity index (χ0v) is 24.4. The number of hydrogen-bond donors (Lipinski definition) is 0. The number of pyridine rings is 1. The Morgan fingerprint density at radius 2 is 1.77 bits per heavy atom. The van der Waals surface area contributed by atoms with E-state index in [1.165, 1.54) is 6.20 Å². The number of ether oxygens (including phenoxy) is 2. The fourth-order valence-corrected chi connectivity index (χ4v) is 6.79. The van der Waals surface area contributed by atoms with Gasteiger partial charge in [-0.15, -0.1) is 0 Å². The largest absolute Gasteiger partial charge is 0.461 e. The van der Waals surface area contributed by atoms with Crippen LogP contribution in [-0.4, -0.2) is 86.9 Å². The molecule has 0 aromatic carbocycles. The van der Waals surface area contributed by atoms with Crippen LogP contribution in [0.15, 0.2) is 6.20 Å². The first kappa shape index (κ1) is 28.1. The van der Waals surface area contributed by atoms with Gasteiger partial charge in [-0.2, -0.15) is 9.97 Å². The van der Waals surface area contributed by atoms with E-state index in [0.717, 1.165) is 51.6 Å². The van der Waals surface area contributed by atoms with E-state index in [9.17, 15) is 4.79 Å². The number of carbonyl (C=O) groups is 1.